The van der Waals surface area contributed by atoms with Gasteiger partial charge in [-0.2, -0.15) is 0 Å². The van der Waals surface area contributed by atoms with E-state index >= 15 is 0 Å². The highest BCUT2D eigenvalue weighted by molar-refractivity contribution is 6.06. The van der Waals surface area contributed by atoms with Crippen LogP contribution >= 0.6 is 0 Å². The highest BCUT2D eigenvalue weighted by Gasteiger charge is 2.39. The third-order valence-corrected chi connectivity index (χ3v) is 2.18. The topological polar surface area (TPSA) is 102 Å². The van der Waals surface area contributed by atoms with Crippen LogP contribution < -0.4 is 10.6 Å². The molecule has 4 amide bonds. The van der Waals surface area contributed by atoms with Crippen LogP contribution in [0.3, 0.4) is 0 Å². The molecule has 7 heteroatoms. The lowest BCUT2D eigenvalue weighted by Crippen LogP contribution is -2.33. The van der Waals surface area contributed by atoms with E-state index in [-0.39, 0.29) is 12.8 Å². The average molecular weight is 212 g/mol. The molecule has 2 fully saturated rings. The molecule has 2 unspecified atom stereocenters. The summed E-state index contributed by atoms with van der Waals surface area (Å²) in [6.45, 7) is 0. The van der Waals surface area contributed by atoms with Gasteiger partial charge in [-0.05, 0) is 0 Å². The maximum atomic E-state index is 11.1. The minimum atomic E-state index is -0.959. The maximum Gasteiger partial charge on any atom is 0.256 e. The number of nitrogens with one attached hydrogen (secondary N) is 2. The van der Waals surface area contributed by atoms with Crippen LogP contribution in [0.4, 0.5) is 0 Å². The van der Waals surface area contributed by atoms with E-state index in [1.54, 1.807) is 0 Å². The largest absolute Gasteiger partial charge is 0.354 e. The summed E-state index contributed by atoms with van der Waals surface area (Å²) in [5.41, 5.74) is 0. The van der Waals surface area contributed by atoms with Gasteiger partial charge in [-0.25, -0.2) is 0 Å². The highest BCUT2D eigenvalue weighted by atomic mass is 16.5. The summed E-state index contributed by atoms with van der Waals surface area (Å²) >= 11 is 0. The minimum Gasteiger partial charge on any atom is -0.354 e. The van der Waals surface area contributed by atoms with Gasteiger partial charge in [0.2, 0.25) is 11.8 Å². The molecule has 2 saturated heterocycles. The molecule has 0 aromatic carbocycles. The molecule has 2 atom stereocenters. The van der Waals surface area contributed by atoms with E-state index in [2.05, 4.69) is 0 Å². The summed E-state index contributed by atoms with van der Waals surface area (Å²) in [6, 6.07) is 0. The Balaban J connectivity index is 1.98. The van der Waals surface area contributed by atoms with Gasteiger partial charge in [0.1, 0.15) is 12.2 Å². The Hall–Kier alpha value is -1.76. The summed E-state index contributed by atoms with van der Waals surface area (Å²) in [6.07, 6.45) is -2.12. The van der Waals surface area contributed by atoms with E-state index in [1.807, 2.05) is 10.6 Å². The van der Waals surface area contributed by atoms with Crippen LogP contribution in [0.25, 0.3) is 0 Å². The second-order valence-electron chi connectivity index (χ2n) is 3.35. The summed E-state index contributed by atoms with van der Waals surface area (Å²) in [5, 5.41) is 4.09. The zero-order valence-corrected chi connectivity index (χ0v) is 7.61. The predicted octanol–water partition coefficient (Wildman–Crippen LogP) is -2.17. The normalized spacial score (nSPS) is 30.7. The fourth-order valence-electron chi connectivity index (χ4n) is 1.48. The van der Waals surface area contributed by atoms with Crippen LogP contribution in [0.15, 0.2) is 0 Å². The standard InChI is InChI=1S/C8H8N2O5/c11-5-1-3(7(13)9-5)15-4-2-6(12)10-8(4)14/h3-4H,1-2H2,(H,9,11,13)(H,10,12,14). The van der Waals surface area contributed by atoms with Crippen LogP contribution in [0, 0.1) is 0 Å². The SMILES string of the molecule is O=C1CC(OC2CC(=O)NC2=O)C(=O)N1. The van der Waals surface area contributed by atoms with E-state index in [0.29, 0.717) is 0 Å². The average Bonchev–Trinajstić information content (AvgIpc) is 2.58. The Kier molecular flexibility index (Phi) is 2.24. The number of imide groups is 2. The smallest absolute Gasteiger partial charge is 0.256 e. The fraction of sp³-hybridized carbons (Fsp3) is 0.500. The molecule has 0 aromatic rings. The van der Waals surface area contributed by atoms with Crippen LogP contribution in [-0.4, -0.2) is 35.8 Å². The van der Waals surface area contributed by atoms with Crippen molar-refractivity contribution in [2.75, 3.05) is 0 Å². The van der Waals surface area contributed by atoms with E-state index in [4.69, 9.17) is 4.74 Å². The van der Waals surface area contributed by atoms with Crippen molar-refractivity contribution in [3.63, 3.8) is 0 Å². The molecule has 15 heavy (non-hydrogen) atoms. The molecule has 0 saturated carbocycles. The molecule has 2 aliphatic heterocycles. The summed E-state index contributed by atoms with van der Waals surface area (Å²) < 4.78 is 5.07. The van der Waals surface area contributed by atoms with Crippen LogP contribution in [0.1, 0.15) is 12.8 Å². The minimum absolute atomic E-state index is 0.100. The van der Waals surface area contributed by atoms with Gasteiger partial charge >= 0.3 is 0 Å². The monoisotopic (exact) mass is 212 g/mol. The number of amides is 4. The summed E-state index contributed by atoms with van der Waals surface area (Å²) in [5.74, 6) is -2.00. The van der Waals surface area contributed by atoms with Gasteiger partial charge in [-0.15, -0.1) is 0 Å². The third kappa shape index (κ3) is 1.86. The second-order valence-corrected chi connectivity index (χ2v) is 3.35. The van der Waals surface area contributed by atoms with Crippen molar-refractivity contribution in [3.8, 4) is 0 Å². The van der Waals surface area contributed by atoms with Crippen molar-refractivity contribution in [1.29, 1.82) is 0 Å². The molecule has 2 N–H and O–H groups in total. The predicted molar refractivity (Wildman–Crippen MR) is 44.2 cm³/mol. The lowest BCUT2D eigenvalue weighted by molar-refractivity contribution is -0.140. The van der Waals surface area contributed by atoms with Gasteiger partial charge in [0.15, 0.2) is 0 Å². The molecule has 0 aromatic heterocycles. The zero-order chi connectivity index (χ0) is 11.0. The Morgan fingerprint density at radius 1 is 0.867 bits per heavy atom. The van der Waals surface area contributed by atoms with Crippen LogP contribution in [0.2, 0.25) is 0 Å². The molecule has 2 rings (SSSR count). The Morgan fingerprint density at radius 2 is 1.27 bits per heavy atom. The number of ether oxygens (including phenoxy) is 1. The van der Waals surface area contributed by atoms with Crippen molar-refractivity contribution in [3.05, 3.63) is 0 Å². The first kappa shape index (κ1) is 9.78. The molecular formula is C8H8N2O5. The molecule has 2 aliphatic rings. The summed E-state index contributed by atoms with van der Waals surface area (Å²) in [4.78, 5) is 43.8. The van der Waals surface area contributed by atoms with Crippen LogP contribution in [-0.2, 0) is 23.9 Å². The van der Waals surface area contributed by atoms with Crippen molar-refractivity contribution in [2.24, 2.45) is 0 Å². The first-order valence-electron chi connectivity index (χ1n) is 4.39. The van der Waals surface area contributed by atoms with Crippen LogP contribution in [0.5, 0.6) is 0 Å². The number of rotatable bonds is 2. The fourth-order valence-corrected chi connectivity index (χ4v) is 1.48. The van der Waals surface area contributed by atoms with Gasteiger partial charge in [0.25, 0.3) is 11.8 Å². The number of hydrogen-bond acceptors (Lipinski definition) is 5. The molecule has 0 bridgehead atoms. The molecule has 0 spiro atoms. The van der Waals surface area contributed by atoms with Gasteiger partial charge < -0.3 is 4.74 Å². The van der Waals surface area contributed by atoms with Gasteiger partial charge in [-0.1, -0.05) is 0 Å². The van der Waals surface area contributed by atoms with E-state index in [9.17, 15) is 19.2 Å². The number of carbonyl (C=O) groups excluding carboxylic acids is 4. The van der Waals surface area contributed by atoms with E-state index < -0.39 is 35.8 Å². The number of carbonyl (C=O) groups is 4. The molecule has 0 radical (unpaired) electrons. The molecular weight excluding hydrogens is 204 g/mol. The summed E-state index contributed by atoms with van der Waals surface area (Å²) in [7, 11) is 0. The molecule has 80 valence electrons. The van der Waals surface area contributed by atoms with Gasteiger partial charge in [-0.3, -0.25) is 29.8 Å². The lowest BCUT2D eigenvalue weighted by atomic mass is 10.2. The van der Waals surface area contributed by atoms with Gasteiger partial charge in [0, 0.05) is 0 Å². The maximum absolute atomic E-state index is 11.1. The highest BCUT2D eigenvalue weighted by Crippen LogP contribution is 2.14. The number of hydrogen-bond donors (Lipinski definition) is 2. The first-order valence-corrected chi connectivity index (χ1v) is 4.39. The molecule has 7 nitrogen and oxygen atoms in total. The molecule has 0 aliphatic carbocycles. The Bertz CT molecular complexity index is 330. The second kappa shape index (κ2) is 3.43. The van der Waals surface area contributed by atoms with Crippen molar-refractivity contribution in [2.45, 2.75) is 25.0 Å². The quantitative estimate of drug-likeness (QED) is 0.507. The first-order chi connectivity index (χ1) is 7.06. The van der Waals surface area contributed by atoms with E-state index in [1.165, 1.54) is 0 Å². The molecule has 2 heterocycles. The van der Waals surface area contributed by atoms with Crippen molar-refractivity contribution in [1.82, 2.24) is 10.6 Å². The van der Waals surface area contributed by atoms with Gasteiger partial charge in [0.05, 0.1) is 12.8 Å². The third-order valence-electron chi connectivity index (χ3n) is 2.18. The van der Waals surface area contributed by atoms with E-state index in [0.717, 1.165) is 0 Å². The zero-order valence-electron chi connectivity index (χ0n) is 7.61. The Morgan fingerprint density at radius 3 is 1.53 bits per heavy atom. The Labute approximate surface area is 84.1 Å². The van der Waals surface area contributed by atoms with Crippen molar-refractivity contribution < 1.29 is 23.9 Å². The lowest BCUT2D eigenvalue weighted by Gasteiger charge is -2.11. The van der Waals surface area contributed by atoms with Crippen molar-refractivity contribution >= 4 is 23.6 Å².